The quantitative estimate of drug-likeness (QED) is 0.712. The van der Waals surface area contributed by atoms with Crippen LogP contribution in [0.3, 0.4) is 0 Å². The summed E-state index contributed by atoms with van der Waals surface area (Å²) < 4.78 is 5.63. The number of ether oxygens (including phenoxy) is 1. The SMILES string of the molecule is O=C1Nc2cccc(Cl)c2OC12CC2. The van der Waals surface area contributed by atoms with Gasteiger partial charge in [0.1, 0.15) is 0 Å². The van der Waals surface area contributed by atoms with Crippen molar-refractivity contribution in [2.24, 2.45) is 0 Å². The van der Waals surface area contributed by atoms with Gasteiger partial charge in [-0.25, -0.2) is 0 Å². The molecule has 4 heteroatoms. The minimum absolute atomic E-state index is 0.0488. The summed E-state index contributed by atoms with van der Waals surface area (Å²) >= 11 is 5.97. The topological polar surface area (TPSA) is 38.3 Å². The molecule has 14 heavy (non-hydrogen) atoms. The van der Waals surface area contributed by atoms with Gasteiger partial charge < -0.3 is 10.1 Å². The summed E-state index contributed by atoms with van der Waals surface area (Å²) in [5.41, 5.74) is 0.0536. The molecule has 1 fully saturated rings. The van der Waals surface area contributed by atoms with E-state index in [1.54, 1.807) is 18.2 Å². The van der Waals surface area contributed by atoms with Crippen LogP contribution < -0.4 is 10.1 Å². The molecule has 72 valence electrons. The van der Waals surface area contributed by atoms with E-state index in [0.29, 0.717) is 16.5 Å². The molecule has 0 radical (unpaired) electrons. The number of halogens is 1. The number of carbonyl (C=O) groups is 1. The van der Waals surface area contributed by atoms with E-state index in [2.05, 4.69) is 5.32 Å². The molecule has 1 aliphatic heterocycles. The molecule has 3 rings (SSSR count). The maximum Gasteiger partial charge on any atom is 0.268 e. The van der Waals surface area contributed by atoms with Crippen molar-refractivity contribution >= 4 is 23.2 Å². The molecule has 0 aromatic heterocycles. The highest BCUT2D eigenvalue weighted by Crippen LogP contribution is 2.48. The van der Waals surface area contributed by atoms with Crippen molar-refractivity contribution in [3.63, 3.8) is 0 Å². The van der Waals surface area contributed by atoms with E-state index in [0.717, 1.165) is 12.8 Å². The minimum Gasteiger partial charge on any atom is -0.474 e. The molecular formula is C10H8ClNO2. The van der Waals surface area contributed by atoms with Gasteiger partial charge in [-0.05, 0) is 12.1 Å². The summed E-state index contributed by atoms with van der Waals surface area (Å²) in [4.78, 5) is 11.6. The Bertz CT molecular complexity index is 426. The van der Waals surface area contributed by atoms with Crippen LogP contribution in [0.25, 0.3) is 0 Å². The van der Waals surface area contributed by atoms with Crippen LogP contribution in [0, 0.1) is 0 Å². The Morgan fingerprint density at radius 1 is 1.43 bits per heavy atom. The molecule has 3 nitrogen and oxygen atoms in total. The zero-order valence-electron chi connectivity index (χ0n) is 7.34. The number of anilines is 1. The average Bonchev–Trinajstić information content (AvgIpc) is 2.91. The summed E-state index contributed by atoms with van der Waals surface area (Å²) in [6.07, 6.45) is 1.56. The second-order valence-corrected chi connectivity index (χ2v) is 4.07. The van der Waals surface area contributed by atoms with Crippen LogP contribution in [0.2, 0.25) is 5.02 Å². The lowest BCUT2D eigenvalue weighted by Crippen LogP contribution is -2.39. The largest absolute Gasteiger partial charge is 0.474 e. The number of amides is 1. The summed E-state index contributed by atoms with van der Waals surface area (Å²) in [7, 11) is 0. The predicted octanol–water partition coefficient (Wildman–Crippen LogP) is 2.20. The molecule has 1 saturated carbocycles. The fourth-order valence-corrected chi connectivity index (χ4v) is 1.84. The summed E-state index contributed by atoms with van der Waals surface area (Å²) in [6, 6.07) is 5.33. The predicted molar refractivity (Wildman–Crippen MR) is 52.7 cm³/mol. The van der Waals surface area contributed by atoms with E-state index in [4.69, 9.17) is 16.3 Å². The highest BCUT2D eigenvalue weighted by molar-refractivity contribution is 6.32. The number of carbonyl (C=O) groups excluding carboxylic acids is 1. The van der Waals surface area contributed by atoms with Crippen LogP contribution in [0.4, 0.5) is 5.69 Å². The van der Waals surface area contributed by atoms with E-state index in [1.807, 2.05) is 0 Å². The Morgan fingerprint density at radius 2 is 2.21 bits per heavy atom. The van der Waals surface area contributed by atoms with Gasteiger partial charge in [-0.3, -0.25) is 4.79 Å². The third kappa shape index (κ3) is 0.960. The van der Waals surface area contributed by atoms with E-state index in [1.165, 1.54) is 0 Å². The summed E-state index contributed by atoms with van der Waals surface area (Å²) in [5, 5.41) is 3.35. The maximum atomic E-state index is 11.6. The normalized spacial score (nSPS) is 21.1. The Kier molecular flexibility index (Phi) is 1.40. The maximum absolute atomic E-state index is 11.6. The minimum atomic E-state index is -0.613. The first-order chi connectivity index (χ1) is 6.71. The van der Waals surface area contributed by atoms with Crippen molar-refractivity contribution in [2.45, 2.75) is 18.4 Å². The molecule has 1 aliphatic carbocycles. The van der Waals surface area contributed by atoms with Gasteiger partial charge >= 0.3 is 0 Å². The van der Waals surface area contributed by atoms with Crippen molar-refractivity contribution < 1.29 is 9.53 Å². The standard InChI is InChI=1S/C10H8ClNO2/c11-6-2-1-3-7-8(6)14-10(4-5-10)9(13)12-7/h1-3H,4-5H2,(H,12,13). The molecule has 0 saturated heterocycles. The van der Waals surface area contributed by atoms with Crippen LogP contribution in [0.5, 0.6) is 5.75 Å². The first kappa shape index (κ1) is 8.12. The van der Waals surface area contributed by atoms with Crippen molar-refractivity contribution in [1.82, 2.24) is 0 Å². The molecule has 1 aromatic carbocycles. The van der Waals surface area contributed by atoms with Crippen molar-refractivity contribution in [1.29, 1.82) is 0 Å². The zero-order valence-corrected chi connectivity index (χ0v) is 8.10. The molecule has 1 aromatic rings. The second-order valence-electron chi connectivity index (χ2n) is 3.67. The van der Waals surface area contributed by atoms with Gasteiger partial charge in [-0.2, -0.15) is 0 Å². The molecule has 0 bridgehead atoms. The molecule has 0 unspecified atom stereocenters. The first-order valence-corrected chi connectivity index (χ1v) is 4.88. The van der Waals surface area contributed by atoms with Crippen molar-refractivity contribution in [2.75, 3.05) is 5.32 Å². The number of fused-ring (bicyclic) bond motifs is 1. The lowest BCUT2D eigenvalue weighted by molar-refractivity contribution is -0.125. The number of rotatable bonds is 0. The Morgan fingerprint density at radius 3 is 2.93 bits per heavy atom. The van der Waals surface area contributed by atoms with Crippen LogP contribution in [0.1, 0.15) is 12.8 Å². The van der Waals surface area contributed by atoms with E-state index in [-0.39, 0.29) is 5.91 Å². The fourth-order valence-electron chi connectivity index (χ4n) is 1.63. The number of para-hydroxylation sites is 1. The lowest BCUT2D eigenvalue weighted by atomic mass is 10.2. The number of nitrogens with one attached hydrogen (secondary N) is 1. The zero-order chi connectivity index (χ0) is 9.76. The van der Waals surface area contributed by atoms with Gasteiger partial charge in [0.25, 0.3) is 5.91 Å². The Balaban J connectivity index is 2.11. The highest BCUT2D eigenvalue weighted by Gasteiger charge is 2.55. The molecule has 1 spiro atoms. The third-order valence-electron chi connectivity index (χ3n) is 2.63. The van der Waals surface area contributed by atoms with Crippen LogP contribution in [0.15, 0.2) is 18.2 Å². The Hall–Kier alpha value is -1.22. The van der Waals surface area contributed by atoms with Crippen LogP contribution >= 0.6 is 11.6 Å². The number of hydrogen-bond donors (Lipinski definition) is 1. The third-order valence-corrected chi connectivity index (χ3v) is 2.93. The van der Waals surface area contributed by atoms with Gasteiger partial charge in [-0.15, -0.1) is 0 Å². The van der Waals surface area contributed by atoms with Crippen molar-refractivity contribution in [3.8, 4) is 5.75 Å². The Labute approximate surface area is 86.0 Å². The van der Waals surface area contributed by atoms with Gasteiger partial charge in [0.15, 0.2) is 11.4 Å². The van der Waals surface area contributed by atoms with Crippen LogP contribution in [-0.2, 0) is 4.79 Å². The molecule has 1 N–H and O–H groups in total. The van der Waals surface area contributed by atoms with E-state index < -0.39 is 5.60 Å². The van der Waals surface area contributed by atoms with Gasteiger partial charge in [-0.1, -0.05) is 17.7 Å². The first-order valence-electron chi connectivity index (χ1n) is 4.50. The van der Waals surface area contributed by atoms with E-state index in [9.17, 15) is 4.79 Å². The summed E-state index contributed by atoms with van der Waals surface area (Å²) in [6.45, 7) is 0. The second kappa shape index (κ2) is 2.42. The van der Waals surface area contributed by atoms with Gasteiger partial charge in [0.05, 0.1) is 10.7 Å². The molecule has 0 atom stereocenters. The molecule has 1 heterocycles. The average molecular weight is 210 g/mol. The fraction of sp³-hybridized carbons (Fsp3) is 0.300. The number of hydrogen-bond acceptors (Lipinski definition) is 2. The van der Waals surface area contributed by atoms with E-state index >= 15 is 0 Å². The smallest absolute Gasteiger partial charge is 0.268 e. The molecule has 2 aliphatic rings. The summed E-state index contributed by atoms with van der Waals surface area (Å²) in [5.74, 6) is 0.554. The van der Waals surface area contributed by atoms with Gasteiger partial charge in [0, 0.05) is 12.8 Å². The van der Waals surface area contributed by atoms with Gasteiger partial charge in [0.2, 0.25) is 0 Å². The number of benzene rings is 1. The van der Waals surface area contributed by atoms with Crippen LogP contribution in [-0.4, -0.2) is 11.5 Å². The molecule has 1 amide bonds. The molecular weight excluding hydrogens is 202 g/mol. The highest BCUT2D eigenvalue weighted by atomic mass is 35.5. The van der Waals surface area contributed by atoms with Crippen molar-refractivity contribution in [3.05, 3.63) is 23.2 Å². The monoisotopic (exact) mass is 209 g/mol. The lowest BCUT2D eigenvalue weighted by Gasteiger charge is -2.26.